The number of rotatable bonds is 3. The Morgan fingerprint density at radius 2 is 1.97 bits per heavy atom. The molecule has 0 aliphatic carbocycles. The topological polar surface area (TPSA) is 68.2 Å². The molecule has 0 spiro atoms. The van der Waals surface area contributed by atoms with Gasteiger partial charge in [0.1, 0.15) is 0 Å². The Balaban J connectivity index is 1.95. The average molecular weight is 471 g/mol. The van der Waals surface area contributed by atoms with E-state index in [0.29, 0.717) is 22.4 Å². The van der Waals surface area contributed by atoms with Crippen LogP contribution in [0, 0.1) is 0 Å². The molecule has 2 aromatic carbocycles. The summed E-state index contributed by atoms with van der Waals surface area (Å²) >= 11 is 4.90. The molecule has 8 heteroatoms. The van der Waals surface area contributed by atoms with Gasteiger partial charge >= 0.3 is 0 Å². The second-order valence-corrected chi connectivity index (χ2v) is 8.26. The number of amides is 1. The fourth-order valence-corrected chi connectivity index (χ4v) is 3.96. The molecule has 1 aromatic heterocycles. The van der Waals surface area contributed by atoms with Crippen LogP contribution in [0.3, 0.4) is 0 Å². The van der Waals surface area contributed by atoms with Crippen molar-refractivity contribution in [3.63, 3.8) is 0 Å². The molecule has 29 heavy (non-hydrogen) atoms. The lowest BCUT2D eigenvalue weighted by Gasteiger charge is -2.30. The van der Waals surface area contributed by atoms with E-state index in [1.165, 1.54) is 24.2 Å². The number of aryl methyl sites for hydroxylation is 1. The number of thioether (sulfide) groups is 1. The second kappa shape index (κ2) is 8.12. The minimum absolute atomic E-state index is 0.135. The molecule has 1 amide bonds. The van der Waals surface area contributed by atoms with Gasteiger partial charge in [0.15, 0.2) is 5.69 Å². The third-order valence-corrected chi connectivity index (χ3v) is 5.79. The zero-order chi connectivity index (χ0) is 20.5. The van der Waals surface area contributed by atoms with E-state index in [-0.39, 0.29) is 5.91 Å². The SMILES string of the molecule is CCc1ccc(C2Oc3nc(SC)nnc3-c3cc(Br)ccc3N2C(C)=O)cc1. The summed E-state index contributed by atoms with van der Waals surface area (Å²) < 4.78 is 7.19. The molecule has 2 heterocycles. The third kappa shape index (κ3) is 3.74. The number of ether oxygens (including phenoxy) is 1. The van der Waals surface area contributed by atoms with Gasteiger partial charge in [0, 0.05) is 22.5 Å². The molecular formula is C21H19BrN4O2S. The standard InChI is InChI=1S/C21H19BrN4O2S/c1-4-13-5-7-14(8-6-13)20-26(12(2)27)17-10-9-15(22)11-16(17)18-19(28-20)23-21(29-3)25-24-18/h5-11,20H,4H2,1-3H3. The van der Waals surface area contributed by atoms with E-state index in [0.717, 1.165) is 22.0 Å². The number of anilines is 1. The van der Waals surface area contributed by atoms with Crippen LogP contribution in [0.5, 0.6) is 5.88 Å². The van der Waals surface area contributed by atoms with Gasteiger partial charge in [-0.05, 0) is 36.4 Å². The monoisotopic (exact) mass is 470 g/mol. The molecule has 0 saturated carbocycles. The summed E-state index contributed by atoms with van der Waals surface area (Å²) in [5.74, 6) is 0.223. The van der Waals surface area contributed by atoms with Crippen molar-refractivity contribution >= 4 is 39.3 Å². The normalized spacial score (nSPS) is 15.2. The Kier molecular flexibility index (Phi) is 5.56. The van der Waals surface area contributed by atoms with Gasteiger partial charge in [-0.1, -0.05) is 58.9 Å². The number of hydrogen-bond donors (Lipinski definition) is 0. The predicted molar refractivity (Wildman–Crippen MR) is 117 cm³/mol. The highest BCUT2D eigenvalue weighted by molar-refractivity contribution is 9.10. The lowest BCUT2D eigenvalue weighted by atomic mass is 10.1. The fraction of sp³-hybridized carbons (Fsp3) is 0.238. The number of aromatic nitrogens is 3. The summed E-state index contributed by atoms with van der Waals surface area (Å²) in [6, 6.07) is 13.8. The Labute approximate surface area is 181 Å². The highest BCUT2D eigenvalue weighted by Crippen LogP contribution is 2.44. The molecule has 4 rings (SSSR count). The quantitative estimate of drug-likeness (QED) is 0.500. The summed E-state index contributed by atoms with van der Waals surface area (Å²) in [5.41, 5.74) is 4.04. The lowest BCUT2D eigenvalue weighted by molar-refractivity contribution is -0.118. The van der Waals surface area contributed by atoms with Crippen molar-refractivity contribution in [1.29, 1.82) is 0 Å². The number of fused-ring (bicyclic) bond motifs is 3. The van der Waals surface area contributed by atoms with Gasteiger partial charge in [-0.2, -0.15) is 4.98 Å². The third-order valence-electron chi connectivity index (χ3n) is 4.76. The summed E-state index contributed by atoms with van der Waals surface area (Å²) in [6.45, 7) is 3.64. The van der Waals surface area contributed by atoms with Crippen LogP contribution in [0.2, 0.25) is 0 Å². The highest BCUT2D eigenvalue weighted by atomic mass is 79.9. The van der Waals surface area contributed by atoms with Gasteiger partial charge in [-0.15, -0.1) is 10.2 Å². The Hall–Kier alpha value is -2.45. The molecule has 0 N–H and O–H groups in total. The Morgan fingerprint density at radius 3 is 2.62 bits per heavy atom. The second-order valence-electron chi connectivity index (χ2n) is 6.57. The van der Waals surface area contributed by atoms with Crippen molar-refractivity contribution < 1.29 is 9.53 Å². The lowest BCUT2D eigenvalue weighted by Crippen LogP contribution is -2.36. The van der Waals surface area contributed by atoms with E-state index in [9.17, 15) is 4.79 Å². The minimum Gasteiger partial charge on any atom is -0.447 e. The highest BCUT2D eigenvalue weighted by Gasteiger charge is 2.34. The number of halogens is 1. The van der Waals surface area contributed by atoms with Crippen LogP contribution in [0.25, 0.3) is 11.3 Å². The average Bonchev–Trinajstić information content (AvgIpc) is 2.87. The molecule has 6 nitrogen and oxygen atoms in total. The molecule has 1 unspecified atom stereocenters. The maximum Gasteiger partial charge on any atom is 0.247 e. The first kappa shape index (κ1) is 19.8. The van der Waals surface area contributed by atoms with E-state index in [2.05, 4.69) is 50.2 Å². The van der Waals surface area contributed by atoms with Crippen LogP contribution in [-0.2, 0) is 11.2 Å². The van der Waals surface area contributed by atoms with E-state index in [1.807, 2.05) is 36.6 Å². The molecule has 148 valence electrons. The molecule has 0 radical (unpaired) electrons. The number of carbonyl (C=O) groups is 1. The van der Waals surface area contributed by atoms with Gasteiger partial charge < -0.3 is 4.74 Å². The van der Waals surface area contributed by atoms with Gasteiger partial charge in [-0.3, -0.25) is 9.69 Å². The molecule has 1 aliphatic rings. The Bertz CT molecular complexity index is 1070. The van der Waals surface area contributed by atoms with Crippen LogP contribution < -0.4 is 9.64 Å². The maximum atomic E-state index is 12.8. The van der Waals surface area contributed by atoms with Crippen molar-refractivity contribution in [3.8, 4) is 17.1 Å². The number of nitrogens with zero attached hydrogens (tertiary/aromatic N) is 4. The van der Waals surface area contributed by atoms with Crippen LogP contribution in [0.15, 0.2) is 52.1 Å². The largest absolute Gasteiger partial charge is 0.447 e. The first-order valence-electron chi connectivity index (χ1n) is 9.15. The van der Waals surface area contributed by atoms with Crippen molar-refractivity contribution in [1.82, 2.24) is 15.2 Å². The molecule has 0 bridgehead atoms. The van der Waals surface area contributed by atoms with Crippen LogP contribution in [0.4, 0.5) is 5.69 Å². The molecule has 0 saturated heterocycles. The van der Waals surface area contributed by atoms with Crippen LogP contribution in [-0.4, -0.2) is 27.3 Å². The van der Waals surface area contributed by atoms with Crippen molar-refractivity contribution in [2.24, 2.45) is 0 Å². The minimum atomic E-state index is -0.661. The first-order valence-corrected chi connectivity index (χ1v) is 11.2. The smallest absolute Gasteiger partial charge is 0.247 e. The van der Waals surface area contributed by atoms with Gasteiger partial charge in [0.05, 0.1) is 5.69 Å². The zero-order valence-corrected chi connectivity index (χ0v) is 18.6. The van der Waals surface area contributed by atoms with Crippen LogP contribution in [0.1, 0.15) is 31.2 Å². The van der Waals surface area contributed by atoms with E-state index in [4.69, 9.17) is 4.74 Å². The van der Waals surface area contributed by atoms with E-state index >= 15 is 0 Å². The van der Waals surface area contributed by atoms with Gasteiger partial charge in [-0.25, -0.2) is 0 Å². The van der Waals surface area contributed by atoms with Crippen molar-refractivity contribution in [3.05, 3.63) is 58.1 Å². The Morgan fingerprint density at radius 1 is 1.21 bits per heavy atom. The molecule has 3 aromatic rings. The van der Waals surface area contributed by atoms with Crippen LogP contribution >= 0.6 is 27.7 Å². The molecule has 0 fully saturated rings. The van der Waals surface area contributed by atoms with E-state index < -0.39 is 6.23 Å². The molecule has 1 atom stereocenters. The summed E-state index contributed by atoms with van der Waals surface area (Å²) in [6.07, 6.45) is 2.16. The number of hydrogen-bond acceptors (Lipinski definition) is 6. The number of carbonyl (C=O) groups excluding carboxylic acids is 1. The van der Waals surface area contributed by atoms with E-state index in [1.54, 1.807) is 4.90 Å². The van der Waals surface area contributed by atoms with Gasteiger partial charge in [0.25, 0.3) is 0 Å². The van der Waals surface area contributed by atoms with Crippen molar-refractivity contribution in [2.45, 2.75) is 31.7 Å². The summed E-state index contributed by atoms with van der Waals surface area (Å²) in [5, 5.41) is 9.05. The number of benzene rings is 2. The zero-order valence-electron chi connectivity index (χ0n) is 16.2. The first-order chi connectivity index (χ1) is 14.0. The summed E-state index contributed by atoms with van der Waals surface area (Å²) in [7, 11) is 0. The predicted octanol–water partition coefficient (Wildman–Crippen LogP) is 5.03. The fourth-order valence-electron chi connectivity index (χ4n) is 3.30. The molecule has 1 aliphatic heterocycles. The molecular weight excluding hydrogens is 452 g/mol. The van der Waals surface area contributed by atoms with Gasteiger partial charge in [0.2, 0.25) is 23.2 Å². The summed E-state index contributed by atoms with van der Waals surface area (Å²) in [4.78, 5) is 18.9. The van der Waals surface area contributed by atoms with Crippen molar-refractivity contribution in [2.75, 3.05) is 11.2 Å². The maximum absolute atomic E-state index is 12.8.